The zero-order valence-electron chi connectivity index (χ0n) is 4.40. The molecule has 0 unspecified atom stereocenters. The molecular formula is C4H4O4Si. The van der Waals surface area contributed by atoms with Crippen LogP contribution in [0.3, 0.4) is 0 Å². The second-order valence-corrected chi connectivity index (χ2v) is 2.04. The van der Waals surface area contributed by atoms with Crippen molar-refractivity contribution in [2.24, 2.45) is 0 Å². The lowest BCUT2D eigenvalue weighted by Crippen LogP contribution is -2.07. The van der Waals surface area contributed by atoms with Crippen molar-refractivity contribution in [2.75, 3.05) is 0 Å². The molecule has 9 heavy (non-hydrogen) atoms. The van der Waals surface area contributed by atoms with Crippen LogP contribution in [0.1, 0.15) is 0 Å². The summed E-state index contributed by atoms with van der Waals surface area (Å²) in [4.78, 5) is 8.19. The van der Waals surface area contributed by atoms with E-state index in [0.29, 0.717) is 0 Å². The van der Waals surface area contributed by atoms with Gasteiger partial charge in [0.2, 0.25) is 0 Å². The number of furan rings is 1. The first kappa shape index (κ1) is 6.02. The topological polar surface area (TPSA) is 59.7 Å². The predicted molar refractivity (Wildman–Crippen MR) is 28.0 cm³/mol. The SMILES string of the molecule is O=[Si](O)Oc1ccco1. The van der Waals surface area contributed by atoms with Gasteiger partial charge in [0, 0.05) is 6.07 Å². The third-order valence-corrected chi connectivity index (χ3v) is 1.06. The van der Waals surface area contributed by atoms with Crippen molar-refractivity contribution in [3.63, 3.8) is 0 Å². The molecule has 1 rings (SSSR count). The highest BCUT2D eigenvalue weighted by molar-refractivity contribution is 6.25. The maximum Gasteiger partial charge on any atom is 0.772 e. The Bertz CT molecular complexity index is 192. The summed E-state index contributed by atoms with van der Waals surface area (Å²) in [6.07, 6.45) is 1.36. The molecule has 0 aliphatic carbocycles. The van der Waals surface area contributed by atoms with Gasteiger partial charge in [0.15, 0.2) is 0 Å². The lowest BCUT2D eigenvalue weighted by Gasteiger charge is -1.88. The smallest absolute Gasteiger partial charge is 0.511 e. The Hall–Kier alpha value is -1.10. The highest BCUT2D eigenvalue weighted by Crippen LogP contribution is 2.08. The van der Waals surface area contributed by atoms with Crippen LogP contribution in [-0.4, -0.2) is 14.0 Å². The molecule has 0 aliphatic heterocycles. The van der Waals surface area contributed by atoms with E-state index in [1.54, 1.807) is 6.07 Å². The van der Waals surface area contributed by atoms with Crippen molar-refractivity contribution in [3.8, 4) is 5.95 Å². The average Bonchev–Trinajstić information content (AvgIpc) is 2.15. The summed E-state index contributed by atoms with van der Waals surface area (Å²) in [7, 11) is -2.90. The van der Waals surface area contributed by atoms with E-state index in [1.165, 1.54) is 12.3 Å². The molecule has 1 N–H and O–H groups in total. The summed E-state index contributed by atoms with van der Waals surface area (Å²) in [5.74, 6) is 0.0707. The monoisotopic (exact) mass is 144 g/mol. The van der Waals surface area contributed by atoms with E-state index in [0.717, 1.165) is 0 Å². The Morgan fingerprint density at radius 3 is 3.00 bits per heavy atom. The Balaban J connectivity index is 2.58. The summed E-state index contributed by atoms with van der Waals surface area (Å²) in [5, 5.41) is 0. The van der Waals surface area contributed by atoms with E-state index in [2.05, 4.69) is 8.84 Å². The third-order valence-electron chi connectivity index (χ3n) is 0.683. The molecule has 1 aromatic rings. The zero-order chi connectivity index (χ0) is 6.69. The van der Waals surface area contributed by atoms with Gasteiger partial charge in [0.25, 0.3) is 5.95 Å². The molecule has 0 fully saturated rings. The summed E-state index contributed by atoms with van der Waals surface area (Å²) >= 11 is 0. The van der Waals surface area contributed by atoms with Gasteiger partial charge in [-0.1, -0.05) is 0 Å². The Morgan fingerprint density at radius 2 is 2.56 bits per heavy atom. The van der Waals surface area contributed by atoms with Gasteiger partial charge in [-0.15, -0.1) is 0 Å². The molecular weight excluding hydrogens is 140 g/mol. The lowest BCUT2D eigenvalue weighted by atomic mass is 10.7. The second-order valence-electron chi connectivity index (χ2n) is 1.30. The van der Waals surface area contributed by atoms with Crippen molar-refractivity contribution < 1.29 is 18.1 Å². The minimum atomic E-state index is -2.90. The van der Waals surface area contributed by atoms with Crippen LogP contribution >= 0.6 is 0 Å². The summed E-state index contributed by atoms with van der Waals surface area (Å²) in [6.45, 7) is 0. The Kier molecular flexibility index (Phi) is 1.64. The first-order valence-corrected chi connectivity index (χ1v) is 3.49. The number of hydrogen-bond acceptors (Lipinski definition) is 3. The van der Waals surface area contributed by atoms with Crippen molar-refractivity contribution in [1.29, 1.82) is 0 Å². The minimum Gasteiger partial charge on any atom is -0.511 e. The van der Waals surface area contributed by atoms with Crippen LogP contribution in [0, 0.1) is 0 Å². The first-order chi connectivity index (χ1) is 4.29. The molecule has 0 atom stereocenters. The summed E-state index contributed by atoms with van der Waals surface area (Å²) < 4.78 is 18.8. The third kappa shape index (κ3) is 1.69. The molecule has 1 aromatic heterocycles. The standard InChI is InChI=1S/C4H4O4Si/c5-9(6)8-4-2-1-3-7-4/h1-3,5H. The number of rotatable bonds is 2. The van der Waals surface area contributed by atoms with Gasteiger partial charge < -0.3 is 13.6 Å². The van der Waals surface area contributed by atoms with Gasteiger partial charge in [-0.2, -0.15) is 0 Å². The average molecular weight is 144 g/mol. The van der Waals surface area contributed by atoms with Crippen LogP contribution in [0.4, 0.5) is 0 Å². The van der Waals surface area contributed by atoms with Gasteiger partial charge in [-0.05, 0) is 6.07 Å². The van der Waals surface area contributed by atoms with Crippen LogP contribution in [-0.2, 0) is 4.46 Å². The fourth-order valence-corrected chi connectivity index (χ4v) is 0.696. The van der Waals surface area contributed by atoms with Crippen molar-refractivity contribution in [1.82, 2.24) is 0 Å². The summed E-state index contributed by atoms with van der Waals surface area (Å²) in [5.41, 5.74) is 0. The molecule has 0 radical (unpaired) electrons. The van der Waals surface area contributed by atoms with E-state index < -0.39 is 9.17 Å². The van der Waals surface area contributed by atoms with Crippen molar-refractivity contribution >= 4 is 9.17 Å². The fourth-order valence-electron chi connectivity index (χ4n) is 0.408. The van der Waals surface area contributed by atoms with E-state index in [-0.39, 0.29) is 5.95 Å². The molecule has 0 amide bonds. The van der Waals surface area contributed by atoms with Gasteiger partial charge in [0.1, 0.15) is 0 Å². The Labute approximate surface area is 52.6 Å². The predicted octanol–water partition coefficient (Wildman–Crippen LogP) is 0.0661. The highest BCUT2D eigenvalue weighted by atomic mass is 28.3. The largest absolute Gasteiger partial charge is 0.772 e. The van der Waals surface area contributed by atoms with E-state index in [9.17, 15) is 4.46 Å². The van der Waals surface area contributed by atoms with E-state index >= 15 is 0 Å². The molecule has 0 bridgehead atoms. The van der Waals surface area contributed by atoms with E-state index in [4.69, 9.17) is 4.80 Å². The van der Waals surface area contributed by atoms with Crippen LogP contribution in [0.25, 0.3) is 0 Å². The molecule has 0 aliphatic rings. The lowest BCUT2D eigenvalue weighted by molar-refractivity contribution is 0.293. The zero-order valence-corrected chi connectivity index (χ0v) is 5.40. The minimum absolute atomic E-state index is 0.0707. The molecule has 0 saturated carbocycles. The van der Waals surface area contributed by atoms with Crippen LogP contribution in [0.15, 0.2) is 22.8 Å². The van der Waals surface area contributed by atoms with Crippen LogP contribution in [0.5, 0.6) is 5.95 Å². The molecule has 5 heteroatoms. The maximum absolute atomic E-state index is 9.97. The quantitative estimate of drug-likeness (QED) is 0.596. The molecule has 48 valence electrons. The maximum atomic E-state index is 9.97. The highest BCUT2D eigenvalue weighted by Gasteiger charge is 2.06. The van der Waals surface area contributed by atoms with Gasteiger partial charge in [-0.3, -0.25) is 4.46 Å². The van der Waals surface area contributed by atoms with Gasteiger partial charge in [-0.25, -0.2) is 0 Å². The van der Waals surface area contributed by atoms with Crippen molar-refractivity contribution in [3.05, 3.63) is 18.4 Å². The fraction of sp³-hybridized carbons (Fsp3) is 0. The number of hydrogen-bond donors (Lipinski definition) is 1. The summed E-state index contributed by atoms with van der Waals surface area (Å²) in [6, 6.07) is 3.03. The van der Waals surface area contributed by atoms with Crippen LogP contribution < -0.4 is 4.43 Å². The first-order valence-electron chi connectivity index (χ1n) is 2.23. The Morgan fingerprint density at radius 1 is 1.78 bits per heavy atom. The van der Waals surface area contributed by atoms with Gasteiger partial charge >= 0.3 is 9.17 Å². The van der Waals surface area contributed by atoms with Crippen molar-refractivity contribution in [2.45, 2.75) is 0 Å². The van der Waals surface area contributed by atoms with Crippen LogP contribution in [0.2, 0.25) is 0 Å². The van der Waals surface area contributed by atoms with E-state index in [1.807, 2.05) is 0 Å². The molecule has 4 nitrogen and oxygen atoms in total. The van der Waals surface area contributed by atoms with Gasteiger partial charge in [0.05, 0.1) is 6.26 Å². The molecule has 0 spiro atoms. The normalized spacial score (nSPS) is 8.89. The molecule has 0 aromatic carbocycles. The second kappa shape index (κ2) is 2.45. The molecule has 0 saturated heterocycles. The molecule has 1 heterocycles.